The molecule has 0 spiro atoms. The zero-order valence-electron chi connectivity index (χ0n) is 72.3. The number of allylic oxidation sites excluding steroid dienone is 2. The van der Waals surface area contributed by atoms with Crippen LogP contribution < -0.4 is 16.8 Å². The van der Waals surface area contributed by atoms with Crippen molar-refractivity contribution in [2.75, 3.05) is 54.6 Å². The minimum Gasteiger partial charge on any atom is -0.460 e. The number of likely N-dealkylation sites (tertiary alicyclic amines) is 4. The molecule has 2 aromatic heterocycles. The van der Waals surface area contributed by atoms with Gasteiger partial charge >= 0.3 is 24.0 Å². The molecule has 6 heterocycles. The second kappa shape index (κ2) is 37.9. The van der Waals surface area contributed by atoms with E-state index in [1.165, 1.54) is 90.8 Å². The van der Waals surface area contributed by atoms with Crippen molar-refractivity contribution in [1.29, 1.82) is 0 Å². The molecular formula is C91H119F4N9O16. The Labute approximate surface area is 699 Å². The number of fused-ring (bicyclic) bond motifs is 4. The van der Waals surface area contributed by atoms with E-state index in [9.17, 15) is 47.1 Å². The summed E-state index contributed by atoms with van der Waals surface area (Å²) in [6.45, 7) is 25.8. The number of hydrogen-bond donors (Lipinski definition) is 5. The van der Waals surface area contributed by atoms with Crippen LogP contribution in [0.1, 0.15) is 187 Å². The van der Waals surface area contributed by atoms with E-state index in [-0.39, 0.29) is 79.7 Å². The van der Waals surface area contributed by atoms with Crippen molar-refractivity contribution in [3.63, 3.8) is 0 Å². The molecule has 16 atom stereocenters. The molecule has 4 fully saturated rings. The van der Waals surface area contributed by atoms with Crippen molar-refractivity contribution in [1.82, 2.24) is 34.9 Å². The van der Waals surface area contributed by atoms with E-state index < -0.39 is 131 Å². The van der Waals surface area contributed by atoms with Crippen molar-refractivity contribution < 1.29 is 93.8 Å². The van der Waals surface area contributed by atoms with E-state index in [0.29, 0.717) is 80.4 Å². The zero-order valence-corrected chi connectivity index (χ0v) is 72.3. The summed E-state index contributed by atoms with van der Waals surface area (Å²) in [7, 11) is 5.96. The molecule has 12 rings (SSSR count). The van der Waals surface area contributed by atoms with Crippen molar-refractivity contribution in [2.24, 2.45) is 29.2 Å². The molecule has 6 aromatic rings. The Morgan fingerprint density at radius 2 is 0.858 bits per heavy atom. The Bertz CT molecular complexity index is 4890. The number of hydrogen-bond acceptors (Lipinski definition) is 18. The molecule has 4 aromatic carbocycles. The number of methoxy groups -OCH3 is 4. The SMILES string of the molecule is CO[C@H](C)[C@H](CC(=O)OC(C)(C)C)C(=O)N1CC[C@H](C)[C@H]1Cc1c(C2=C(C[C@@H]3[C@@H](OC(C)=O)CCN3C(=O)[C@@H](NC(=O)OC(C)(C)C)[C@@H](C)OC)c3ccc(F)cc3C2)[nH]c2cc(F)ccc12.CO[C@H](C)[C@H](N)C(=O)N1CC[C@H](OC(C)=O)[C@H]1CC1=C(c2[nH]c3cc(F)ccc3c2C[C@@H]2[C@@H](C)CCN2C(=O)[C@@H](N)[C@@H](C)OC)Cc2cc(F)ccc21. The van der Waals surface area contributed by atoms with Gasteiger partial charge in [-0.3, -0.25) is 33.6 Å². The average Bonchev–Trinajstić information content (AvgIpc) is 1.59. The number of nitrogens with one attached hydrogen (secondary N) is 3. The van der Waals surface area contributed by atoms with Crippen LogP contribution >= 0.6 is 0 Å². The first-order chi connectivity index (χ1) is 56.6. The van der Waals surface area contributed by atoms with Gasteiger partial charge in [0.25, 0.3) is 0 Å². The Kier molecular flexibility index (Phi) is 28.8. The largest absolute Gasteiger partial charge is 0.460 e. The monoisotopic (exact) mass is 1670 g/mol. The van der Waals surface area contributed by atoms with Gasteiger partial charge in [-0.1, -0.05) is 26.0 Å². The highest BCUT2D eigenvalue weighted by Crippen LogP contribution is 2.49. The van der Waals surface area contributed by atoms with Crippen LogP contribution in [0.25, 0.3) is 44.1 Å². The fourth-order valence-electron chi connectivity index (χ4n) is 18.3. The third kappa shape index (κ3) is 20.3. The predicted octanol–water partition coefficient (Wildman–Crippen LogP) is 12.3. The number of esters is 3. The number of amides is 5. The summed E-state index contributed by atoms with van der Waals surface area (Å²) < 4.78 is 105. The lowest BCUT2D eigenvalue weighted by Gasteiger charge is -2.34. The van der Waals surface area contributed by atoms with E-state index in [1.807, 2.05) is 9.80 Å². The quantitative estimate of drug-likeness (QED) is 0.0182. The lowest BCUT2D eigenvalue weighted by Crippen LogP contribution is -2.56. The molecule has 7 N–H and O–H groups in total. The van der Waals surface area contributed by atoms with Crippen LogP contribution in [0.2, 0.25) is 0 Å². The minimum atomic E-state index is -1.17. The summed E-state index contributed by atoms with van der Waals surface area (Å²) in [4.78, 5) is 122. The number of nitrogens with zero attached hydrogens (tertiary/aromatic N) is 4. The maximum atomic E-state index is 15.1. The normalized spacial score (nSPS) is 22.5. The molecule has 0 saturated carbocycles. The number of nitrogens with two attached hydrogens (primary N) is 2. The number of rotatable bonds is 27. The van der Waals surface area contributed by atoms with Crippen molar-refractivity contribution in [3.8, 4) is 0 Å². The Morgan fingerprint density at radius 1 is 0.483 bits per heavy atom. The number of aromatic amines is 2. The lowest BCUT2D eigenvalue weighted by atomic mass is 9.89. The van der Waals surface area contributed by atoms with E-state index in [0.717, 1.165) is 73.0 Å². The number of halogens is 4. The molecule has 0 unspecified atom stereocenters. The summed E-state index contributed by atoms with van der Waals surface area (Å²) in [6.07, 6.45) is -0.567. The van der Waals surface area contributed by atoms with Crippen molar-refractivity contribution in [3.05, 3.63) is 141 Å². The molecule has 6 aliphatic rings. The predicted molar refractivity (Wildman–Crippen MR) is 446 cm³/mol. The highest BCUT2D eigenvalue weighted by molar-refractivity contribution is 6.03. The summed E-state index contributed by atoms with van der Waals surface area (Å²) in [6, 6.07) is 13.6. The molecule has 652 valence electrons. The number of H-pyrrole nitrogens is 2. The van der Waals surface area contributed by atoms with E-state index in [4.69, 9.17) is 49.4 Å². The van der Waals surface area contributed by atoms with E-state index >= 15 is 8.78 Å². The van der Waals surface area contributed by atoms with Crippen molar-refractivity contribution in [2.45, 2.75) is 258 Å². The molecular weight excluding hydrogens is 1550 g/mol. The molecule has 0 bridgehead atoms. The van der Waals surface area contributed by atoms with Gasteiger partial charge in [-0.2, -0.15) is 0 Å². The molecule has 29 heteroatoms. The summed E-state index contributed by atoms with van der Waals surface area (Å²) in [5.41, 5.74) is 21.7. The first kappa shape index (κ1) is 91.2. The zero-order chi connectivity index (χ0) is 87.6. The highest BCUT2D eigenvalue weighted by atomic mass is 19.1. The van der Waals surface area contributed by atoms with E-state index in [2.05, 4.69) is 29.1 Å². The fourth-order valence-corrected chi connectivity index (χ4v) is 18.3. The topological polar surface area (TPSA) is 319 Å². The molecule has 25 nitrogen and oxygen atoms in total. The Hall–Kier alpha value is -9.52. The van der Waals surface area contributed by atoms with E-state index in [1.54, 1.807) is 103 Å². The minimum absolute atomic E-state index is 0.0322. The maximum Gasteiger partial charge on any atom is 0.408 e. The van der Waals surface area contributed by atoms with Gasteiger partial charge in [0.1, 0.15) is 64.8 Å². The fraction of sp³-hybridized carbons (Fsp3) is 0.560. The first-order valence-electron chi connectivity index (χ1n) is 41.7. The second-order valence-electron chi connectivity index (χ2n) is 35.2. The van der Waals surface area contributed by atoms with Crippen LogP contribution in [0, 0.1) is 41.0 Å². The van der Waals surface area contributed by atoms with Gasteiger partial charge in [-0.05, 0) is 236 Å². The van der Waals surface area contributed by atoms with Crippen LogP contribution in [0.4, 0.5) is 22.4 Å². The summed E-state index contributed by atoms with van der Waals surface area (Å²) >= 11 is 0. The second-order valence-corrected chi connectivity index (χ2v) is 35.2. The number of carbonyl (C=O) groups is 8. The highest BCUT2D eigenvalue weighted by Gasteiger charge is 2.49. The summed E-state index contributed by atoms with van der Waals surface area (Å²) in [5.74, 6) is -4.99. The summed E-state index contributed by atoms with van der Waals surface area (Å²) in [5, 5.41) is 4.26. The number of benzene rings is 4. The number of alkyl carbamates (subject to hydrolysis) is 1. The van der Waals surface area contributed by atoms with Crippen LogP contribution in [-0.2, 0) is 97.1 Å². The smallest absolute Gasteiger partial charge is 0.408 e. The Morgan fingerprint density at radius 3 is 1.26 bits per heavy atom. The van der Waals surface area contributed by atoms with Crippen LogP contribution in [0.5, 0.6) is 0 Å². The number of aromatic nitrogens is 2. The lowest BCUT2D eigenvalue weighted by molar-refractivity contribution is -0.161. The molecule has 4 aliphatic heterocycles. The molecule has 4 saturated heterocycles. The molecule has 5 amide bonds. The van der Waals surface area contributed by atoms with Crippen LogP contribution in [0.3, 0.4) is 0 Å². The van der Waals surface area contributed by atoms with Gasteiger partial charge in [0.05, 0.1) is 48.8 Å². The first-order valence-corrected chi connectivity index (χ1v) is 41.7. The van der Waals surface area contributed by atoms with Gasteiger partial charge in [-0.15, -0.1) is 0 Å². The average molecular weight is 1670 g/mol. The number of carbonyl (C=O) groups excluding carboxylic acids is 8. The van der Waals surface area contributed by atoms with Gasteiger partial charge < -0.3 is 84.2 Å². The van der Waals surface area contributed by atoms with Crippen LogP contribution in [-0.4, -0.2) is 222 Å². The van der Waals surface area contributed by atoms with Crippen LogP contribution in [0.15, 0.2) is 72.8 Å². The van der Waals surface area contributed by atoms with Gasteiger partial charge in [-0.25, -0.2) is 22.4 Å². The third-order valence-corrected chi connectivity index (χ3v) is 24.9. The molecule has 2 aliphatic carbocycles. The standard InChI is InChI=1S/C51H68F2N4O10.C40H51F2N5O6/c1-27-17-19-56(47(60)36(28(2)63-11)26-44(59)66-50(5,6)7)41(27)25-39-35-16-14-33(53)23-40(35)54-46(39)38-22-31-21-32(52)13-15-34(31)37(38)24-42-43(65-30(4)58)18-20-57(42)48(61)45(29(3)64-12)55-49(62)67-51(8,9)10;1-20-11-13-46(39(49)36(43)21(2)51-5)33(20)19-31-28-10-8-26(42)17-32(28)45-38(31)30-16-24-15-25(41)7-9-27(24)29(30)18-34-35(53-23(4)48)12-14-47(34)40(50)37(44)22(3)52-6/h13-16,21,23,27-29,36,41-43,45,54H,17-20,22,24-26H2,1-12H3,(H,55,62);7-10,15,17,20-22,33-37,45H,11-14,16,18-19,43-44H2,1-6H3/t27-,28+,29+,36-,41+,42+,43-,45-;20-,21+,22+,33+,34+,35-,36-,37-/m00/s1. The maximum absolute atomic E-state index is 15.1. The van der Waals surface area contributed by atoms with Gasteiger partial charge in [0.15, 0.2) is 0 Å². The van der Waals surface area contributed by atoms with Gasteiger partial charge in [0.2, 0.25) is 23.6 Å². The van der Waals surface area contributed by atoms with Gasteiger partial charge in [0, 0.05) is 139 Å². The molecule has 0 radical (unpaired) electrons. The van der Waals surface area contributed by atoms with Crippen molar-refractivity contribution >= 4 is 91.7 Å². The third-order valence-electron chi connectivity index (χ3n) is 24.9. The molecule has 120 heavy (non-hydrogen) atoms. The Balaban J connectivity index is 0.000000241. The number of ether oxygens (including phenoxy) is 8.